The first-order valence-electron chi connectivity index (χ1n) is 7.43. The van der Waals surface area contributed by atoms with Crippen LogP contribution in [-0.4, -0.2) is 44.3 Å². The summed E-state index contributed by atoms with van der Waals surface area (Å²) in [6.45, 7) is 3.45. The van der Waals surface area contributed by atoms with Gasteiger partial charge in [-0.15, -0.1) is 0 Å². The molecule has 0 spiro atoms. The summed E-state index contributed by atoms with van der Waals surface area (Å²) in [5.74, 6) is -0.320. The second-order valence-electron chi connectivity index (χ2n) is 5.62. The number of hydrogen-bond acceptors (Lipinski definition) is 7. The maximum atomic E-state index is 12.4. The van der Waals surface area contributed by atoms with E-state index in [1.54, 1.807) is 25.1 Å². The SMILES string of the molecule is CCOC(=O)C1(N)C(c2ccc3c(c2)OCO3)C1S(=O)(=O)CC. The minimum absolute atomic E-state index is 0.0862. The van der Waals surface area contributed by atoms with Gasteiger partial charge >= 0.3 is 5.97 Å². The van der Waals surface area contributed by atoms with Crippen LogP contribution in [0.3, 0.4) is 0 Å². The third-order valence-corrected chi connectivity index (χ3v) is 6.59. The molecule has 0 saturated heterocycles. The van der Waals surface area contributed by atoms with Crippen LogP contribution in [0.2, 0.25) is 0 Å². The van der Waals surface area contributed by atoms with Gasteiger partial charge in [-0.1, -0.05) is 13.0 Å². The zero-order valence-electron chi connectivity index (χ0n) is 12.9. The molecular weight excluding hydrogens is 322 g/mol. The van der Waals surface area contributed by atoms with Crippen LogP contribution in [0, 0.1) is 0 Å². The standard InChI is InChI=1S/C15H19NO6S/c1-3-20-14(17)15(16)12(13(15)23(18,19)4-2)9-5-6-10-11(7-9)22-8-21-10/h5-7,12-13H,3-4,8,16H2,1-2H3. The van der Waals surface area contributed by atoms with Crippen LogP contribution in [0.25, 0.3) is 0 Å². The van der Waals surface area contributed by atoms with E-state index in [0.717, 1.165) is 0 Å². The highest BCUT2D eigenvalue weighted by Crippen LogP contribution is 2.56. The third kappa shape index (κ3) is 2.36. The van der Waals surface area contributed by atoms with E-state index in [1.807, 2.05) is 0 Å². The van der Waals surface area contributed by atoms with E-state index in [0.29, 0.717) is 17.1 Å². The van der Waals surface area contributed by atoms with Crippen LogP contribution in [0.5, 0.6) is 11.5 Å². The third-order valence-electron chi connectivity index (χ3n) is 4.35. The number of esters is 1. The molecule has 7 nitrogen and oxygen atoms in total. The highest BCUT2D eigenvalue weighted by Gasteiger charge is 2.74. The Bertz CT molecular complexity index is 746. The molecule has 0 aromatic heterocycles. The maximum absolute atomic E-state index is 12.4. The molecule has 0 amide bonds. The molecule has 3 unspecified atom stereocenters. The zero-order chi connectivity index (χ0) is 16.8. The molecule has 2 aliphatic rings. The lowest BCUT2D eigenvalue weighted by Crippen LogP contribution is -2.41. The Morgan fingerprint density at radius 1 is 1.35 bits per heavy atom. The first kappa shape index (κ1) is 16.1. The van der Waals surface area contributed by atoms with Gasteiger partial charge in [0.15, 0.2) is 21.3 Å². The molecule has 1 heterocycles. The van der Waals surface area contributed by atoms with Crippen LogP contribution in [-0.2, 0) is 19.4 Å². The molecule has 0 radical (unpaired) electrons. The van der Waals surface area contributed by atoms with Crippen LogP contribution >= 0.6 is 0 Å². The fourth-order valence-corrected chi connectivity index (χ4v) is 5.03. The summed E-state index contributed by atoms with van der Waals surface area (Å²) in [6.07, 6.45) is 0. The minimum atomic E-state index is -3.51. The molecule has 126 valence electrons. The van der Waals surface area contributed by atoms with Crippen molar-refractivity contribution in [3.63, 3.8) is 0 Å². The van der Waals surface area contributed by atoms with Gasteiger partial charge in [-0.2, -0.15) is 0 Å². The van der Waals surface area contributed by atoms with Crippen molar-refractivity contribution in [3.8, 4) is 11.5 Å². The predicted molar refractivity (Wildman–Crippen MR) is 82.1 cm³/mol. The van der Waals surface area contributed by atoms with E-state index >= 15 is 0 Å². The Labute approximate surface area is 134 Å². The summed E-state index contributed by atoms with van der Waals surface area (Å²) < 4.78 is 40.3. The van der Waals surface area contributed by atoms with Crippen molar-refractivity contribution < 1.29 is 27.4 Å². The smallest absolute Gasteiger partial charge is 0.328 e. The molecule has 3 atom stereocenters. The maximum Gasteiger partial charge on any atom is 0.328 e. The van der Waals surface area contributed by atoms with E-state index in [2.05, 4.69) is 0 Å². The van der Waals surface area contributed by atoms with E-state index in [9.17, 15) is 13.2 Å². The zero-order valence-corrected chi connectivity index (χ0v) is 13.8. The van der Waals surface area contributed by atoms with E-state index < -0.39 is 32.5 Å². The normalized spacial score (nSPS) is 28.5. The van der Waals surface area contributed by atoms with Gasteiger partial charge in [0.05, 0.1) is 11.9 Å². The van der Waals surface area contributed by atoms with Crippen LogP contribution in [0.15, 0.2) is 18.2 Å². The molecule has 0 bridgehead atoms. The Balaban J connectivity index is 2.00. The van der Waals surface area contributed by atoms with Gasteiger partial charge in [-0.05, 0) is 24.6 Å². The number of benzene rings is 1. The predicted octanol–water partition coefficient (Wildman–Crippen LogP) is 0.576. The van der Waals surface area contributed by atoms with Crippen molar-refractivity contribution in [1.82, 2.24) is 0 Å². The van der Waals surface area contributed by atoms with Crippen LogP contribution < -0.4 is 15.2 Å². The number of ether oxygens (including phenoxy) is 3. The van der Waals surface area contributed by atoms with Crippen molar-refractivity contribution in [2.75, 3.05) is 19.2 Å². The molecule has 2 N–H and O–H groups in total. The minimum Gasteiger partial charge on any atom is -0.465 e. The Morgan fingerprint density at radius 2 is 2.04 bits per heavy atom. The quantitative estimate of drug-likeness (QED) is 0.781. The van der Waals surface area contributed by atoms with Crippen LogP contribution in [0.1, 0.15) is 25.3 Å². The Morgan fingerprint density at radius 3 is 2.70 bits per heavy atom. The van der Waals surface area contributed by atoms with E-state index in [-0.39, 0.29) is 19.2 Å². The lowest BCUT2D eigenvalue weighted by molar-refractivity contribution is -0.145. The summed E-state index contributed by atoms with van der Waals surface area (Å²) in [4.78, 5) is 12.2. The van der Waals surface area contributed by atoms with E-state index in [4.69, 9.17) is 19.9 Å². The average Bonchev–Trinajstić information content (AvgIpc) is 2.93. The topological polar surface area (TPSA) is 105 Å². The summed E-state index contributed by atoms with van der Waals surface area (Å²) in [5, 5.41) is -0.987. The molecule has 23 heavy (non-hydrogen) atoms. The Hall–Kier alpha value is -1.80. The number of carbonyl (C=O) groups excluding carboxylic acids is 1. The molecule has 1 aromatic rings. The highest BCUT2D eigenvalue weighted by atomic mass is 32.2. The van der Waals surface area contributed by atoms with Gasteiger partial charge in [0.2, 0.25) is 6.79 Å². The number of carbonyl (C=O) groups is 1. The van der Waals surface area contributed by atoms with Gasteiger partial charge in [0, 0.05) is 11.7 Å². The fourth-order valence-electron chi connectivity index (χ4n) is 3.11. The highest BCUT2D eigenvalue weighted by molar-refractivity contribution is 7.92. The van der Waals surface area contributed by atoms with Gasteiger partial charge in [0.1, 0.15) is 5.54 Å². The largest absolute Gasteiger partial charge is 0.465 e. The number of nitrogens with two attached hydrogens (primary N) is 1. The molecule has 1 aromatic carbocycles. The molecular formula is C15H19NO6S. The average molecular weight is 341 g/mol. The lowest BCUT2D eigenvalue weighted by atomic mass is 10.1. The van der Waals surface area contributed by atoms with Gasteiger partial charge in [-0.25, -0.2) is 13.2 Å². The van der Waals surface area contributed by atoms with E-state index in [1.165, 1.54) is 6.92 Å². The summed E-state index contributed by atoms with van der Waals surface area (Å²) in [7, 11) is -3.51. The summed E-state index contributed by atoms with van der Waals surface area (Å²) >= 11 is 0. The first-order chi connectivity index (χ1) is 10.9. The van der Waals surface area contributed by atoms with Gasteiger partial charge in [-0.3, -0.25) is 0 Å². The molecule has 1 fully saturated rings. The second-order valence-corrected chi connectivity index (χ2v) is 8.03. The summed E-state index contributed by atoms with van der Waals surface area (Å²) in [5.41, 5.74) is 5.25. The van der Waals surface area contributed by atoms with Crippen LogP contribution in [0.4, 0.5) is 0 Å². The number of rotatable bonds is 5. The molecule has 8 heteroatoms. The first-order valence-corrected chi connectivity index (χ1v) is 9.15. The molecule has 1 aliphatic carbocycles. The fraction of sp³-hybridized carbons (Fsp3) is 0.533. The van der Waals surface area contributed by atoms with Gasteiger partial charge in [0.25, 0.3) is 0 Å². The van der Waals surface area contributed by atoms with Gasteiger partial charge < -0.3 is 19.9 Å². The van der Waals surface area contributed by atoms with Crippen molar-refractivity contribution in [2.45, 2.75) is 30.6 Å². The van der Waals surface area contributed by atoms with Crippen molar-refractivity contribution in [3.05, 3.63) is 23.8 Å². The van der Waals surface area contributed by atoms with Crippen molar-refractivity contribution in [2.24, 2.45) is 5.73 Å². The monoisotopic (exact) mass is 341 g/mol. The van der Waals surface area contributed by atoms with Crippen molar-refractivity contribution in [1.29, 1.82) is 0 Å². The number of hydrogen-bond donors (Lipinski definition) is 1. The second kappa shape index (κ2) is 5.38. The molecule has 1 aliphatic heterocycles. The summed E-state index contributed by atoms with van der Waals surface area (Å²) in [6, 6.07) is 5.08. The number of fused-ring (bicyclic) bond motifs is 1. The molecule has 3 rings (SSSR count). The lowest BCUT2D eigenvalue weighted by Gasteiger charge is -2.11. The van der Waals surface area contributed by atoms with Crippen molar-refractivity contribution >= 4 is 15.8 Å². The number of sulfone groups is 1. The Kier molecular flexibility index (Phi) is 3.76. The molecule has 1 saturated carbocycles.